The van der Waals surface area contributed by atoms with Crippen molar-refractivity contribution in [3.63, 3.8) is 0 Å². The zero-order chi connectivity index (χ0) is 59.2. The van der Waals surface area contributed by atoms with Crippen molar-refractivity contribution in [2.45, 2.75) is 142 Å². The van der Waals surface area contributed by atoms with Crippen LogP contribution in [0.1, 0.15) is 121 Å². The molecule has 8 rings (SSSR count). The number of aromatic amines is 2. The van der Waals surface area contributed by atoms with Gasteiger partial charge in [0.25, 0.3) is 0 Å². The fraction of sp³-hybridized carbons (Fsp3) is 0.375. The van der Waals surface area contributed by atoms with Crippen LogP contribution in [-0.4, -0.2) is 86.8 Å². The van der Waals surface area contributed by atoms with Crippen molar-refractivity contribution in [3.05, 3.63) is 215 Å². The summed E-state index contributed by atoms with van der Waals surface area (Å²) in [5.41, 5.74) is 8.46. The third-order valence-corrected chi connectivity index (χ3v) is 13.5. The molecule has 14 nitrogen and oxygen atoms in total. The molecule has 0 radical (unpaired) electrons. The molecule has 0 spiro atoms. The molecular formula is C64H72F6N10O4. The molecule has 0 bridgehead atoms. The van der Waals surface area contributed by atoms with E-state index in [1.54, 1.807) is 37.2 Å². The molecule has 6 heterocycles. The van der Waals surface area contributed by atoms with Gasteiger partial charge in [0.2, 0.25) is 11.6 Å². The molecule has 0 fully saturated rings. The van der Waals surface area contributed by atoms with E-state index in [4.69, 9.17) is 9.47 Å². The first-order chi connectivity index (χ1) is 40.7. The zero-order valence-corrected chi connectivity index (χ0v) is 47.0. The van der Waals surface area contributed by atoms with Gasteiger partial charge in [-0.2, -0.15) is 26.3 Å². The number of halogens is 6. The van der Waals surface area contributed by atoms with Gasteiger partial charge in [-0.05, 0) is 172 Å². The van der Waals surface area contributed by atoms with Gasteiger partial charge < -0.3 is 19.4 Å². The van der Waals surface area contributed by atoms with Crippen molar-refractivity contribution in [2.75, 3.05) is 13.2 Å². The maximum absolute atomic E-state index is 12.6. The molecule has 0 unspecified atom stereocenters. The number of aryl methyl sites for hydroxylation is 4. The Kier molecular flexibility index (Phi) is 25.6. The van der Waals surface area contributed by atoms with Crippen molar-refractivity contribution in [1.82, 2.24) is 49.7 Å². The molecule has 2 aromatic carbocycles. The van der Waals surface area contributed by atoms with Gasteiger partial charge in [0.05, 0.1) is 37.7 Å². The lowest BCUT2D eigenvalue weighted by molar-refractivity contribution is -0.171. The van der Waals surface area contributed by atoms with Gasteiger partial charge in [-0.25, -0.2) is 9.97 Å². The highest BCUT2D eigenvalue weighted by atomic mass is 19.4. The Hall–Kier alpha value is -8.10. The van der Waals surface area contributed by atoms with Crippen LogP contribution in [0.4, 0.5) is 26.3 Å². The molecular weight excluding hydrogens is 1090 g/mol. The van der Waals surface area contributed by atoms with Crippen molar-refractivity contribution < 1.29 is 45.4 Å². The lowest BCUT2D eigenvalue weighted by Gasteiger charge is -2.24. The number of H-pyrrole nitrogens is 2. The van der Waals surface area contributed by atoms with Gasteiger partial charge in [-0.3, -0.25) is 39.3 Å². The Balaban J connectivity index is 0.000000252. The quantitative estimate of drug-likeness (QED) is 0.0290. The number of nitrogens with zero attached hydrogens (tertiary/aromatic N) is 8. The molecule has 444 valence electrons. The number of aromatic nitrogens is 8. The third kappa shape index (κ3) is 24.0. The molecule has 6 aromatic heterocycles. The number of unbranched alkanes of at least 4 members (excludes halogenated alkanes) is 4. The Morgan fingerprint density at radius 1 is 0.393 bits per heavy atom. The van der Waals surface area contributed by atoms with Crippen molar-refractivity contribution in [2.24, 2.45) is 0 Å². The van der Waals surface area contributed by atoms with Crippen molar-refractivity contribution in [3.8, 4) is 11.5 Å². The molecule has 0 saturated heterocycles. The van der Waals surface area contributed by atoms with Gasteiger partial charge in [-0.15, -0.1) is 0 Å². The predicted molar refractivity (Wildman–Crippen MR) is 307 cm³/mol. The number of carbonyl (C=O) groups excluding carboxylic acids is 2. The van der Waals surface area contributed by atoms with Crippen LogP contribution in [0.2, 0.25) is 0 Å². The van der Waals surface area contributed by atoms with Gasteiger partial charge in [0.15, 0.2) is 0 Å². The smallest absolute Gasteiger partial charge is 0.449 e. The first-order valence-corrected chi connectivity index (χ1v) is 28.4. The Morgan fingerprint density at radius 3 is 1.13 bits per heavy atom. The van der Waals surface area contributed by atoms with Crippen molar-refractivity contribution >= 4 is 11.6 Å². The lowest BCUT2D eigenvalue weighted by atomic mass is 10.00. The number of hydrogen-bond donors (Lipinski definition) is 2. The molecule has 84 heavy (non-hydrogen) atoms. The van der Waals surface area contributed by atoms with Gasteiger partial charge in [0, 0.05) is 100.0 Å². The highest BCUT2D eigenvalue weighted by molar-refractivity contribution is 5.84. The molecule has 0 aliphatic rings. The number of nitrogens with one attached hydrogen (secondary N) is 2. The topological polar surface area (TPSA) is 168 Å². The van der Waals surface area contributed by atoms with Crippen LogP contribution in [0.5, 0.6) is 11.5 Å². The summed E-state index contributed by atoms with van der Waals surface area (Å²) < 4.78 is 86.7. The summed E-state index contributed by atoms with van der Waals surface area (Å²) in [6.07, 6.45) is 11.8. The lowest BCUT2D eigenvalue weighted by Crippen LogP contribution is -2.25. The number of rotatable bonds is 34. The number of Topliss-reactive ketones (excluding diaryl/α,β-unsaturated/α-hetero) is 2. The van der Waals surface area contributed by atoms with E-state index in [1.165, 1.54) is 11.1 Å². The van der Waals surface area contributed by atoms with Crippen LogP contribution in [-0.2, 0) is 74.5 Å². The number of carbonyl (C=O) groups is 2. The summed E-state index contributed by atoms with van der Waals surface area (Å²) in [5, 5.41) is 0. The molecule has 0 amide bonds. The van der Waals surface area contributed by atoms with E-state index in [0.29, 0.717) is 83.9 Å². The van der Waals surface area contributed by atoms with Crippen LogP contribution >= 0.6 is 0 Å². The summed E-state index contributed by atoms with van der Waals surface area (Å²) >= 11 is 0. The van der Waals surface area contributed by atoms with Gasteiger partial charge in [0.1, 0.15) is 23.1 Å². The SMILES string of the molecule is O=C(CCCCCOc1cc(CCCc2ccccn2)cc(CCCc2ccccn2)c1)C(F)(F)F.O=C(CCCCCOc1cc(CN(Cc2ccccn2)Cc2ncc[nH]2)cc(CN(Cc2ccccn2)Cc2ncc[nH]2)c1)C(F)(F)F. The Morgan fingerprint density at radius 2 is 0.774 bits per heavy atom. The van der Waals surface area contributed by atoms with E-state index in [9.17, 15) is 35.9 Å². The fourth-order valence-electron chi connectivity index (χ4n) is 9.41. The molecule has 0 atom stereocenters. The number of ketones is 2. The van der Waals surface area contributed by atoms with E-state index in [0.717, 1.165) is 89.8 Å². The molecule has 8 aromatic rings. The predicted octanol–water partition coefficient (Wildman–Crippen LogP) is 13.3. The number of alkyl halides is 6. The summed E-state index contributed by atoms with van der Waals surface area (Å²) in [5.74, 6) is -0.220. The summed E-state index contributed by atoms with van der Waals surface area (Å²) in [7, 11) is 0. The summed E-state index contributed by atoms with van der Waals surface area (Å²) in [6.45, 7) is 4.24. The van der Waals surface area contributed by atoms with Crippen LogP contribution in [0, 0.1) is 0 Å². The molecule has 2 N–H and O–H groups in total. The minimum absolute atomic E-state index is 0.164. The average Bonchev–Trinajstić information content (AvgIpc) is 4.27. The number of hydrogen-bond acceptors (Lipinski definition) is 12. The largest absolute Gasteiger partial charge is 0.494 e. The van der Waals surface area contributed by atoms with E-state index in [2.05, 4.69) is 61.8 Å². The number of imidazole rings is 2. The molecule has 0 aliphatic carbocycles. The van der Waals surface area contributed by atoms with Gasteiger partial charge >= 0.3 is 12.4 Å². The number of benzene rings is 2. The maximum atomic E-state index is 12.6. The summed E-state index contributed by atoms with van der Waals surface area (Å²) in [4.78, 5) is 59.8. The number of ether oxygens (including phenoxy) is 2. The standard InChI is InChI=1S/C35H39F3N8O2.C29H33F3N2O2/c36-35(37,38)32(47)10-2-1-7-17-48-31-19-27(21-45(25-33-41-13-14-42-33)23-29-8-3-5-11-39-29)18-28(20-31)22-46(26-34-43-15-16-44-34)24-30-9-4-6-12-40-30;30-29(31,32)28(35)16-2-1-7-19-36-27-21-23(10-8-14-25-12-3-5-17-33-25)20-24(22-27)11-9-15-26-13-4-6-18-34-26/h3-6,8-9,11-16,18-20H,1-2,7,10,17,21-26H2,(H,41,42)(H,43,44);3-6,12-13,17-18,20-22H,1-2,7-11,14-16,19H2. The van der Waals surface area contributed by atoms with E-state index < -0.39 is 36.8 Å². The van der Waals surface area contributed by atoms with Crippen LogP contribution < -0.4 is 9.47 Å². The maximum Gasteiger partial charge on any atom is 0.449 e. The van der Waals surface area contributed by atoms with E-state index in [1.807, 2.05) is 109 Å². The first-order valence-electron chi connectivity index (χ1n) is 28.4. The second-order valence-corrected chi connectivity index (χ2v) is 20.5. The van der Waals surface area contributed by atoms with E-state index in [-0.39, 0.29) is 12.8 Å². The fourth-order valence-corrected chi connectivity index (χ4v) is 9.41. The van der Waals surface area contributed by atoms with Gasteiger partial charge in [-0.1, -0.05) is 36.4 Å². The molecule has 20 heteroatoms. The third-order valence-electron chi connectivity index (χ3n) is 13.5. The average molecular weight is 1160 g/mol. The van der Waals surface area contributed by atoms with Crippen LogP contribution in [0.25, 0.3) is 0 Å². The molecule has 0 aliphatic heterocycles. The second kappa shape index (κ2) is 33.9. The monoisotopic (exact) mass is 1160 g/mol. The number of pyridine rings is 4. The zero-order valence-electron chi connectivity index (χ0n) is 47.0. The minimum Gasteiger partial charge on any atom is -0.494 e. The first kappa shape index (κ1) is 63.5. The minimum atomic E-state index is -4.78. The van der Waals surface area contributed by atoms with E-state index >= 15 is 0 Å². The Bertz CT molecular complexity index is 2960. The highest BCUT2D eigenvalue weighted by Gasteiger charge is 2.37. The summed E-state index contributed by atoms with van der Waals surface area (Å²) in [6, 6.07) is 36.1. The van der Waals surface area contributed by atoms with Crippen LogP contribution in [0.3, 0.4) is 0 Å². The van der Waals surface area contributed by atoms with Crippen LogP contribution in [0.15, 0.2) is 159 Å². The molecule has 0 saturated carbocycles. The normalized spacial score (nSPS) is 11.6. The Labute approximate surface area is 486 Å². The van der Waals surface area contributed by atoms with Crippen molar-refractivity contribution in [1.29, 1.82) is 0 Å². The second-order valence-electron chi connectivity index (χ2n) is 20.5. The highest BCUT2D eigenvalue weighted by Crippen LogP contribution is 2.26.